The maximum absolute atomic E-state index is 10.3. The van der Waals surface area contributed by atoms with Gasteiger partial charge >= 0.3 is 0 Å². The summed E-state index contributed by atoms with van der Waals surface area (Å²) in [6.07, 6.45) is 5.25. The minimum atomic E-state index is -0.545. The number of hydrogen-bond acceptors (Lipinski definition) is 3. The summed E-state index contributed by atoms with van der Waals surface area (Å²) < 4.78 is 0. The highest BCUT2D eigenvalue weighted by Gasteiger charge is 2.28. The first-order chi connectivity index (χ1) is 7.68. The second-order valence-electron chi connectivity index (χ2n) is 4.69. The van der Waals surface area contributed by atoms with Crippen LogP contribution in [0.25, 0.3) is 0 Å². The Labute approximate surface area is 96.1 Å². The fourth-order valence-electron chi connectivity index (χ4n) is 2.23. The molecule has 0 radical (unpaired) electrons. The summed E-state index contributed by atoms with van der Waals surface area (Å²) in [5, 5.41) is 22.6. The quantitative estimate of drug-likeness (QED) is 0.687. The lowest BCUT2D eigenvalue weighted by molar-refractivity contribution is 0.0167. The maximum Gasteiger partial charge on any atom is 0.115 e. The molecular weight excluding hydrogens is 202 g/mol. The first kappa shape index (κ1) is 11.3. The van der Waals surface area contributed by atoms with E-state index in [1.54, 1.807) is 12.1 Å². The zero-order valence-electron chi connectivity index (χ0n) is 9.45. The molecule has 1 aliphatic carbocycles. The van der Waals surface area contributed by atoms with Gasteiger partial charge in [-0.2, -0.15) is 0 Å². The van der Waals surface area contributed by atoms with Crippen molar-refractivity contribution in [2.24, 2.45) is 0 Å². The number of phenolic OH excluding ortho intramolecular Hbond substituents is 1. The molecule has 0 saturated heterocycles. The van der Waals surface area contributed by atoms with E-state index in [1.165, 1.54) is 6.42 Å². The van der Waals surface area contributed by atoms with Gasteiger partial charge in [0.1, 0.15) is 5.75 Å². The molecule has 1 aromatic rings. The number of anilines is 1. The monoisotopic (exact) mass is 221 g/mol. The molecular formula is C13H19NO2. The topological polar surface area (TPSA) is 52.5 Å². The Bertz CT molecular complexity index is 328. The molecule has 0 aromatic heterocycles. The number of aromatic hydroxyl groups is 1. The highest BCUT2D eigenvalue weighted by molar-refractivity contribution is 5.46. The van der Waals surface area contributed by atoms with Crippen LogP contribution < -0.4 is 5.32 Å². The van der Waals surface area contributed by atoms with Gasteiger partial charge in [-0.25, -0.2) is 0 Å². The van der Waals surface area contributed by atoms with Crippen molar-refractivity contribution < 1.29 is 10.2 Å². The molecule has 2 rings (SSSR count). The third-order valence-corrected chi connectivity index (χ3v) is 3.27. The molecule has 3 nitrogen and oxygen atoms in total. The molecule has 1 fully saturated rings. The lowest BCUT2D eigenvalue weighted by Crippen LogP contribution is -2.38. The van der Waals surface area contributed by atoms with E-state index in [1.807, 2.05) is 12.1 Å². The second kappa shape index (κ2) is 4.74. The fraction of sp³-hybridized carbons (Fsp3) is 0.538. The lowest BCUT2D eigenvalue weighted by atomic mass is 9.85. The van der Waals surface area contributed by atoms with E-state index in [9.17, 15) is 5.11 Å². The minimum Gasteiger partial charge on any atom is -0.508 e. The normalized spacial score (nSPS) is 19.3. The number of rotatable bonds is 3. The molecule has 0 atom stereocenters. The smallest absolute Gasteiger partial charge is 0.115 e. The van der Waals surface area contributed by atoms with Gasteiger partial charge in [-0.05, 0) is 37.1 Å². The van der Waals surface area contributed by atoms with Crippen molar-refractivity contribution in [3.05, 3.63) is 24.3 Å². The Kier molecular flexibility index (Phi) is 3.34. The molecule has 3 N–H and O–H groups in total. The molecule has 16 heavy (non-hydrogen) atoms. The summed E-state index contributed by atoms with van der Waals surface area (Å²) in [7, 11) is 0. The summed E-state index contributed by atoms with van der Waals surface area (Å²) in [6.45, 7) is 0.595. The Morgan fingerprint density at radius 2 is 1.69 bits per heavy atom. The largest absolute Gasteiger partial charge is 0.508 e. The van der Waals surface area contributed by atoms with Crippen LogP contribution in [-0.2, 0) is 0 Å². The van der Waals surface area contributed by atoms with Gasteiger partial charge in [-0.1, -0.05) is 19.3 Å². The third kappa shape index (κ3) is 2.89. The van der Waals surface area contributed by atoms with Crippen LogP contribution >= 0.6 is 0 Å². The van der Waals surface area contributed by atoms with Crippen LogP contribution in [0, 0.1) is 0 Å². The average molecular weight is 221 g/mol. The SMILES string of the molecule is Oc1ccc(NCC2(O)CCCCC2)cc1. The molecule has 3 heteroatoms. The first-order valence-corrected chi connectivity index (χ1v) is 5.93. The zero-order valence-corrected chi connectivity index (χ0v) is 9.45. The molecule has 0 heterocycles. The summed E-state index contributed by atoms with van der Waals surface area (Å²) in [4.78, 5) is 0. The van der Waals surface area contributed by atoms with E-state index >= 15 is 0 Å². The fourth-order valence-corrected chi connectivity index (χ4v) is 2.23. The van der Waals surface area contributed by atoms with Gasteiger partial charge in [0.15, 0.2) is 0 Å². The number of benzene rings is 1. The van der Waals surface area contributed by atoms with Gasteiger partial charge in [-0.15, -0.1) is 0 Å². The van der Waals surface area contributed by atoms with E-state index < -0.39 is 5.60 Å². The zero-order chi connectivity index (χ0) is 11.4. The lowest BCUT2D eigenvalue weighted by Gasteiger charge is -2.32. The second-order valence-corrected chi connectivity index (χ2v) is 4.69. The molecule has 1 saturated carbocycles. The van der Waals surface area contributed by atoms with Crippen LogP contribution in [0.15, 0.2) is 24.3 Å². The number of phenols is 1. The summed E-state index contributed by atoms with van der Waals surface area (Å²) in [5.74, 6) is 0.266. The minimum absolute atomic E-state index is 0.266. The van der Waals surface area contributed by atoms with Crippen molar-refractivity contribution in [3.63, 3.8) is 0 Å². The van der Waals surface area contributed by atoms with Crippen molar-refractivity contribution in [1.82, 2.24) is 0 Å². The highest BCUT2D eigenvalue weighted by Crippen LogP contribution is 2.28. The van der Waals surface area contributed by atoms with Crippen LogP contribution in [0.5, 0.6) is 5.75 Å². The summed E-state index contributed by atoms with van der Waals surface area (Å²) in [6, 6.07) is 6.93. The Morgan fingerprint density at radius 1 is 1.06 bits per heavy atom. The van der Waals surface area contributed by atoms with E-state index in [4.69, 9.17) is 5.11 Å². The number of aliphatic hydroxyl groups is 1. The van der Waals surface area contributed by atoms with Crippen molar-refractivity contribution in [1.29, 1.82) is 0 Å². The van der Waals surface area contributed by atoms with E-state index in [-0.39, 0.29) is 5.75 Å². The van der Waals surface area contributed by atoms with Gasteiger partial charge in [0, 0.05) is 12.2 Å². The Morgan fingerprint density at radius 3 is 2.31 bits per heavy atom. The maximum atomic E-state index is 10.3. The molecule has 0 aliphatic heterocycles. The van der Waals surface area contributed by atoms with E-state index in [0.717, 1.165) is 31.4 Å². The molecule has 88 valence electrons. The van der Waals surface area contributed by atoms with E-state index in [0.29, 0.717) is 6.54 Å². The van der Waals surface area contributed by atoms with Gasteiger partial charge in [0.2, 0.25) is 0 Å². The molecule has 1 aromatic carbocycles. The standard InChI is InChI=1S/C13H19NO2/c15-12-6-4-11(5-7-12)14-10-13(16)8-2-1-3-9-13/h4-7,14-16H,1-3,8-10H2. The number of hydrogen-bond donors (Lipinski definition) is 3. The highest BCUT2D eigenvalue weighted by atomic mass is 16.3. The van der Waals surface area contributed by atoms with Crippen LogP contribution in [0.3, 0.4) is 0 Å². The molecule has 0 spiro atoms. The van der Waals surface area contributed by atoms with E-state index in [2.05, 4.69) is 5.32 Å². The summed E-state index contributed by atoms with van der Waals surface area (Å²) >= 11 is 0. The van der Waals surface area contributed by atoms with Crippen LogP contribution in [-0.4, -0.2) is 22.4 Å². The van der Waals surface area contributed by atoms with Crippen molar-refractivity contribution in [3.8, 4) is 5.75 Å². The molecule has 0 bridgehead atoms. The van der Waals surface area contributed by atoms with Gasteiger partial charge in [0.25, 0.3) is 0 Å². The predicted molar refractivity (Wildman–Crippen MR) is 64.6 cm³/mol. The van der Waals surface area contributed by atoms with Crippen LogP contribution in [0.4, 0.5) is 5.69 Å². The van der Waals surface area contributed by atoms with Crippen LogP contribution in [0.2, 0.25) is 0 Å². The average Bonchev–Trinajstić information content (AvgIpc) is 2.29. The van der Waals surface area contributed by atoms with Crippen LogP contribution in [0.1, 0.15) is 32.1 Å². The Hall–Kier alpha value is -1.22. The molecule has 1 aliphatic rings. The van der Waals surface area contributed by atoms with Crippen molar-refractivity contribution >= 4 is 5.69 Å². The van der Waals surface area contributed by atoms with Crippen molar-refractivity contribution in [2.75, 3.05) is 11.9 Å². The predicted octanol–water partition coefficient (Wildman–Crippen LogP) is 2.50. The number of nitrogens with one attached hydrogen (secondary N) is 1. The van der Waals surface area contributed by atoms with Gasteiger partial charge in [-0.3, -0.25) is 0 Å². The first-order valence-electron chi connectivity index (χ1n) is 5.93. The van der Waals surface area contributed by atoms with Gasteiger partial charge in [0.05, 0.1) is 5.60 Å². The molecule has 0 amide bonds. The Balaban J connectivity index is 1.88. The van der Waals surface area contributed by atoms with Gasteiger partial charge < -0.3 is 15.5 Å². The summed E-state index contributed by atoms with van der Waals surface area (Å²) in [5.41, 5.74) is 0.396. The third-order valence-electron chi connectivity index (χ3n) is 3.27. The van der Waals surface area contributed by atoms with Crippen molar-refractivity contribution in [2.45, 2.75) is 37.7 Å². The molecule has 0 unspecified atom stereocenters.